The van der Waals surface area contributed by atoms with Crippen LogP contribution in [-0.2, 0) is 0 Å². The van der Waals surface area contributed by atoms with E-state index in [2.05, 4.69) is 160 Å². The molecular weight excluding hydrogens is 601 g/mol. The minimum atomic E-state index is -0.237. The maximum Gasteiger partial charge on any atom is 0.207 e. The second kappa shape index (κ2) is 10.1. The van der Waals surface area contributed by atoms with E-state index in [4.69, 9.17) is 9.41 Å². The van der Waals surface area contributed by atoms with E-state index < -0.39 is 0 Å². The van der Waals surface area contributed by atoms with Crippen molar-refractivity contribution < 1.29 is 4.42 Å². The largest absolute Gasteiger partial charge is 0.440 e. The van der Waals surface area contributed by atoms with Gasteiger partial charge in [-0.1, -0.05) is 133 Å². The maximum atomic E-state index is 6.59. The summed E-state index contributed by atoms with van der Waals surface area (Å²) < 4.78 is 9.03. The molecule has 1 aliphatic carbocycles. The molecule has 3 unspecified atom stereocenters. The Kier molecular flexibility index (Phi) is 5.50. The summed E-state index contributed by atoms with van der Waals surface area (Å²) in [5.41, 5.74) is 11.6. The summed E-state index contributed by atoms with van der Waals surface area (Å²) in [6, 6.07) is 51.7. The summed E-state index contributed by atoms with van der Waals surface area (Å²) in [5, 5.41) is 7.31. The molecule has 4 heterocycles. The third-order valence-corrected chi connectivity index (χ3v) is 10.6. The Morgan fingerprint density at radius 2 is 1.29 bits per heavy atom. The first kappa shape index (κ1) is 26.7. The Morgan fingerprint density at radius 1 is 0.612 bits per heavy atom. The number of furan rings is 1. The van der Waals surface area contributed by atoms with Gasteiger partial charge in [-0.15, -0.1) is 0 Å². The number of aliphatic imine (C=N–C) groups is 1. The molecule has 0 saturated carbocycles. The molecule has 0 spiro atoms. The molecule has 11 rings (SSSR count). The van der Waals surface area contributed by atoms with Crippen LogP contribution >= 0.6 is 0 Å². The van der Waals surface area contributed by atoms with Crippen LogP contribution in [0.15, 0.2) is 161 Å². The van der Waals surface area contributed by atoms with Gasteiger partial charge in [0.1, 0.15) is 11.6 Å². The van der Waals surface area contributed by atoms with Crippen molar-refractivity contribution >= 4 is 56.4 Å². The highest BCUT2D eigenvalue weighted by Gasteiger charge is 2.46. The van der Waals surface area contributed by atoms with E-state index >= 15 is 0 Å². The van der Waals surface area contributed by atoms with Gasteiger partial charge in [-0.3, -0.25) is 5.32 Å². The van der Waals surface area contributed by atoms with Crippen LogP contribution in [0.25, 0.3) is 44.5 Å². The Labute approximate surface area is 283 Å². The zero-order valence-electron chi connectivity index (χ0n) is 26.5. The molecule has 232 valence electrons. The highest BCUT2D eigenvalue weighted by molar-refractivity contribution is 6.14. The molecule has 2 aromatic heterocycles. The van der Waals surface area contributed by atoms with Gasteiger partial charge in [0.05, 0.1) is 34.0 Å². The molecular formula is C44H30N4O. The van der Waals surface area contributed by atoms with Gasteiger partial charge in [0.2, 0.25) is 11.8 Å². The third kappa shape index (κ3) is 3.73. The lowest BCUT2D eigenvalue weighted by Crippen LogP contribution is -2.44. The van der Waals surface area contributed by atoms with Crippen molar-refractivity contribution in [3.05, 3.63) is 179 Å². The van der Waals surface area contributed by atoms with E-state index in [1.165, 1.54) is 38.5 Å². The van der Waals surface area contributed by atoms with Crippen LogP contribution in [0, 0.1) is 0 Å². The number of rotatable bonds is 2. The number of para-hydroxylation sites is 4. The van der Waals surface area contributed by atoms with Crippen LogP contribution < -0.4 is 10.2 Å². The number of anilines is 2. The fraction of sp³-hybridized carbons (Fsp3) is 0.0682. The van der Waals surface area contributed by atoms with Crippen LogP contribution in [0.3, 0.4) is 0 Å². The monoisotopic (exact) mass is 630 g/mol. The molecule has 5 nitrogen and oxygen atoms in total. The molecule has 0 fully saturated rings. The van der Waals surface area contributed by atoms with Crippen molar-refractivity contribution in [3.63, 3.8) is 0 Å². The number of hydrogen-bond acceptors (Lipinski definition) is 4. The predicted octanol–water partition coefficient (Wildman–Crippen LogP) is 10.4. The third-order valence-electron chi connectivity index (χ3n) is 10.6. The maximum absolute atomic E-state index is 6.59. The second-order valence-electron chi connectivity index (χ2n) is 13.1. The van der Waals surface area contributed by atoms with Gasteiger partial charge in [0, 0.05) is 22.1 Å². The Hall–Kier alpha value is -6.33. The minimum Gasteiger partial charge on any atom is -0.440 e. The van der Waals surface area contributed by atoms with Gasteiger partial charge in [-0.05, 0) is 46.5 Å². The van der Waals surface area contributed by atoms with E-state index in [0.29, 0.717) is 0 Å². The topological polar surface area (TPSA) is 45.7 Å². The number of fused-ring (bicyclic) bond motifs is 11. The van der Waals surface area contributed by atoms with Crippen molar-refractivity contribution in [1.29, 1.82) is 0 Å². The van der Waals surface area contributed by atoms with Gasteiger partial charge in [0.25, 0.3) is 0 Å². The normalized spacial score (nSPS) is 19.0. The molecule has 3 aliphatic rings. The van der Waals surface area contributed by atoms with Gasteiger partial charge in [0.15, 0.2) is 0 Å². The van der Waals surface area contributed by atoms with E-state index in [9.17, 15) is 0 Å². The molecule has 0 saturated heterocycles. The molecule has 8 aromatic rings. The summed E-state index contributed by atoms with van der Waals surface area (Å²) in [6.45, 7) is 0. The molecule has 1 N–H and O–H groups in total. The van der Waals surface area contributed by atoms with Crippen molar-refractivity contribution in [1.82, 2.24) is 4.57 Å². The zero-order valence-corrected chi connectivity index (χ0v) is 26.5. The molecule has 49 heavy (non-hydrogen) atoms. The minimum absolute atomic E-state index is 0.00717. The highest BCUT2D eigenvalue weighted by atomic mass is 16.4. The van der Waals surface area contributed by atoms with Gasteiger partial charge in [-0.25, -0.2) is 4.99 Å². The van der Waals surface area contributed by atoms with E-state index in [1.54, 1.807) is 0 Å². The van der Waals surface area contributed by atoms with E-state index in [-0.39, 0.29) is 18.0 Å². The number of aromatic nitrogens is 1. The molecule has 0 bridgehead atoms. The number of hydrogen-bond donors (Lipinski definition) is 1. The SMILES string of the molecule is C1=CC2C(c3ccccc31)c1cccc(-n3c4ccccc4c4ccccc43)c1N2C1=NC(c2ccccc2)c2c(oc3ccccc23)N1. The lowest BCUT2D eigenvalue weighted by Gasteiger charge is -2.35. The van der Waals surface area contributed by atoms with Crippen LogP contribution in [0.1, 0.15) is 39.8 Å². The molecule has 5 heteroatoms. The second-order valence-corrected chi connectivity index (χ2v) is 13.1. The smallest absolute Gasteiger partial charge is 0.207 e. The van der Waals surface area contributed by atoms with Crippen molar-refractivity contribution in [2.24, 2.45) is 4.99 Å². The van der Waals surface area contributed by atoms with Crippen molar-refractivity contribution in [2.45, 2.75) is 18.0 Å². The Balaban J connectivity index is 1.20. The number of nitrogens with one attached hydrogen (secondary N) is 1. The quantitative estimate of drug-likeness (QED) is 0.207. The summed E-state index contributed by atoms with van der Waals surface area (Å²) in [6.07, 6.45) is 4.64. The van der Waals surface area contributed by atoms with Crippen LogP contribution in [-0.4, -0.2) is 16.6 Å². The zero-order chi connectivity index (χ0) is 32.1. The van der Waals surface area contributed by atoms with Gasteiger partial charge < -0.3 is 13.9 Å². The summed E-state index contributed by atoms with van der Waals surface area (Å²) in [7, 11) is 0. The van der Waals surface area contributed by atoms with Crippen LogP contribution in [0.2, 0.25) is 0 Å². The van der Waals surface area contributed by atoms with Crippen molar-refractivity contribution in [3.8, 4) is 5.69 Å². The molecule has 6 aromatic carbocycles. The molecule has 2 aliphatic heterocycles. The number of guanidine groups is 1. The average Bonchev–Trinajstić information content (AvgIpc) is 3.83. The molecule has 0 radical (unpaired) electrons. The fourth-order valence-corrected chi connectivity index (χ4v) is 8.60. The summed E-state index contributed by atoms with van der Waals surface area (Å²) >= 11 is 0. The van der Waals surface area contributed by atoms with Crippen LogP contribution in [0.5, 0.6) is 0 Å². The lowest BCUT2D eigenvalue weighted by molar-refractivity contribution is 0.621. The molecule has 0 amide bonds. The van der Waals surface area contributed by atoms with Crippen molar-refractivity contribution in [2.75, 3.05) is 10.2 Å². The molecule has 3 atom stereocenters. The van der Waals surface area contributed by atoms with Gasteiger partial charge in [-0.2, -0.15) is 0 Å². The first-order chi connectivity index (χ1) is 24.3. The summed E-state index contributed by atoms with van der Waals surface area (Å²) in [4.78, 5) is 8.06. The fourth-order valence-electron chi connectivity index (χ4n) is 8.60. The number of nitrogens with zero attached hydrogens (tertiary/aromatic N) is 3. The first-order valence-corrected chi connectivity index (χ1v) is 16.9. The summed E-state index contributed by atoms with van der Waals surface area (Å²) in [5.74, 6) is 1.66. The first-order valence-electron chi connectivity index (χ1n) is 16.9. The highest BCUT2D eigenvalue weighted by Crippen LogP contribution is 2.53. The van der Waals surface area contributed by atoms with Gasteiger partial charge >= 0.3 is 0 Å². The lowest BCUT2D eigenvalue weighted by atomic mass is 9.81. The predicted molar refractivity (Wildman–Crippen MR) is 200 cm³/mol. The Bertz CT molecular complexity index is 2630. The number of benzene rings is 6. The van der Waals surface area contributed by atoms with Crippen LogP contribution in [0.4, 0.5) is 11.6 Å². The Morgan fingerprint density at radius 3 is 2.10 bits per heavy atom. The van der Waals surface area contributed by atoms with E-state index in [1.807, 2.05) is 12.1 Å². The average molecular weight is 631 g/mol. The standard InChI is InChI=1S/C44H30N4O/c1-2-14-28(15-3-1)41-40-32-19-8-11-24-38(32)49-43(40)46-44(45-41)48-36-26-25-27-13-4-5-16-29(27)39(36)33-20-12-23-37(42(33)48)47-34-21-9-6-17-30(34)31-18-7-10-22-35(31)47/h1-26,36,39,41H,(H,45,46). The van der Waals surface area contributed by atoms with E-state index in [0.717, 1.165) is 45.3 Å².